The third-order valence-electron chi connectivity index (χ3n) is 4.60. The van der Waals surface area contributed by atoms with Crippen molar-refractivity contribution in [3.63, 3.8) is 0 Å². The predicted molar refractivity (Wildman–Crippen MR) is 88.3 cm³/mol. The van der Waals surface area contributed by atoms with Crippen molar-refractivity contribution >= 4 is 22.6 Å². The fraction of sp³-hybridized carbons (Fsp3) is 0.625. The summed E-state index contributed by atoms with van der Waals surface area (Å²) >= 11 is 2.40. The van der Waals surface area contributed by atoms with Crippen LogP contribution >= 0.6 is 22.6 Å². The van der Waals surface area contributed by atoms with E-state index in [-0.39, 0.29) is 0 Å². The zero-order valence-electron chi connectivity index (χ0n) is 11.4. The molecule has 0 bridgehead atoms. The number of rotatable bonds is 3. The van der Waals surface area contributed by atoms with Gasteiger partial charge in [0.05, 0.1) is 0 Å². The van der Waals surface area contributed by atoms with Crippen LogP contribution in [0.4, 0.5) is 0 Å². The van der Waals surface area contributed by atoms with Crippen molar-refractivity contribution in [3.8, 4) is 0 Å². The van der Waals surface area contributed by atoms with Gasteiger partial charge in [0.2, 0.25) is 0 Å². The van der Waals surface area contributed by atoms with E-state index in [9.17, 15) is 0 Å². The van der Waals surface area contributed by atoms with E-state index < -0.39 is 0 Å². The maximum atomic E-state index is 3.48. The molecule has 1 aliphatic carbocycles. The Kier molecular flexibility index (Phi) is 4.77. The molecule has 0 spiro atoms. The van der Waals surface area contributed by atoms with Gasteiger partial charge < -0.3 is 5.32 Å². The lowest BCUT2D eigenvalue weighted by atomic mass is 9.90. The van der Waals surface area contributed by atoms with Crippen LogP contribution in [0.15, 0.2) is 24.3 Å². The van der Waals surface area contributed by atoms with E-state index >= 15 is 0 Å². The van der Waals surface area contributed by atoms with Gasteiger partial charge in [-0.3, -0.25) is 4.90 Å². The highest BCUT2D eigenvalue weighted by atomic mass is 127. The molecule has 3 rings (SSSR count). The Bertz CT molecular complexity index is 392. The van der Waals surface area contributed by atoms with Gasteiger partial charge in [-0.1, -0.05) is 25.0 Å². The first-order valence-corrected chi connectivity index (χ1v) is 8.63. The van der Waals surface area contributed by atoms with Crippen molar-refractivity contribution in [2.45, 2.75) is 31.7 Å². The summed E-state index contributed by atoms with van der Waals surface area (Å²) in [6, 6.07) is 9.89. The first-order valence-electron chi connectivity index (χ1n) is 7.55. The Morgan fingerprint density at radius 2 is 1.68 bits per heavy atom. The summed E-state index contributed by atoms with van der Waals surface area (Å²) in [7, 11) is 0. The van der Waals surface area contributed by atoms with Gasteiger partial charge in [-0.2, -0.15) is 0 Å². The minimum Gasteiger partial charge on any atom is -0.314 e. The van der Waals surface area contributed by atoms with Crippen molar-refractivity contribution in [2.24, 2.45) is 5.92 Å². The van der Waals surface area contributed by atoms with E-state index in [4.69, 9.17) is 0 Å². The second-order valence-corrected chi connectivity index (χ2v) is 7.07. The summed E-state index contributed by atoms with van der Waals surface area (Å²) in [6.07, 6.45) is 5.69. The van der Waals surface area contributed by atoms with Gasteiger partial charge in [-0.15, -0.1) is 0 Å². The molecule has 1 saturated heterocycles. The largest absolute Gasteiger partial charge is 0.314 e. The first-order chi connectivity index (χ1) is 9.34. The number of nitrogens with one attached hydrogen (secondary N) is 1. The van der Waals surface area contributed by atoms with E-state index in [1.807, 2.05) is 0 Å². The van der Waals surface area contributed by atoms with Crippen molar-refractivity contribution in [2.75, 3.05) is 26.2 Å². The highest BCUT2D eigenvalue weighted by molar-refractivity contribution is 14.1. The lowest BCUT2D eigenvalue weighted by Crippen LogP contribution is -2.46. The third kappa shape index (κ3) is 3.31. The molecule has 1 aliphatic heterocycles. The summed E-state index contributed by atoms with van der Waals surface area (Å²) in [5.74, 6) is 0.873. The molecular formula is C16H23IN2. The molecule has 3 heteroatoms. The second-order valence-electron chi connectivity index (χ2n) is 5.83. The van der Waals surface area contributed by atoms with Gasteiger partial charge >= 0.3 is 0 Å². The van der Waals surface area contributed by atoms with Gasteiger partial charge in [-0.05, 0) is 59.0 Å². The Balaban J connectivity index is 1.83. The zero-order chi connectivity index (χ0) is 13.1. The predicted octanol–water partition coefficient (Wildman–Crippen LogP) is 3.43. The molecule has 1 aromatic carbocycles. The van der Waals surface area contributed by atoms with Gasteiger partial charge in [0.1, 0.15) is 0 Å². The number of piperazine rings is 1. The molecule has 1 aromatic rings. The second kappa shape index (κ2) is 6.55. The Hall–Kier alpha value is -0.130. The number of nitrogens with zero attached hydrogens (tertiary/aromatic N) is 1. The summed E-state index contributed by atoms with van der Waals surface area (Å²) in [5, 5.41) is 3.48. The van der Waals surface area contributed by atoms with E-state index in [1.165, 1.54) is 47.9 Å². The lowest BCUT2D eigenvalue weighted by Gasteiger charge is -2.38. The molecule has 0 aromatic heterocycles. The smallest absolute Gasteiger partial charge is 0.0377 e. The summed E-state index contributed by atoms with van der Waals surface area (Å²) in [4.78, 5) is 2.72. The molecule has 1 saturated carbocycles. The fourth-order valence-corrected chi connectivity index (χ4v) is 4.03. The molecule has 2 fully saturated rings. The number of hydrogen-bond donors (Lipinski definition) is 1. The minimum absolute atomic E-state index is 0.654. The van der Waals surface area contributed by atoms with Gasteiger partial charge in [0, 0.05) is 35.8 Å². The number of halogens is 1. The van der Waals surface area contributed by atoms with Crippen LogP contribution in [0.5, 0.6) is 0 Å². The Labute approximate surface area is 130 Å². The molecule has 19 heavy (non-hydrogen) atoms. The van der Waals surface area contributed by atoms with Crippen LogP contribution < -0.4 is 5.32 Å². The van der Waals surface area contributed by atoms with E-state index in [2.05, 4.69) is 57.1 Å². The van der Waals surface area contributed by atoms with Gasteiger partial charge in [0.15, 0.2) is 0 Å². The summed E-state index contributed by atoms with van der Waals surface area (Å²) in [6.45, 7) is 4.70. The highest BCUT2D eigenvalue weighted by Gasteiger charge is 2.31. The van der Waals surface area contributed by atoms with Crippen molar-refractivity contribution in [3.05, 3.63) is 33.4 Å². The summed E-state index contributed by atoms with van der Waals surface area (Å²) < 4.78 is 1.34. The quantitative estimate of drug-likeness (QED) is 0.821. The molecule has 1 atom stereocenters. The Morgan fingerprint density at radius 3 is 2.32 bits per heavy atom. The van der Waals surface area contributed by atoms with Crippen molar-refractivity contribution in [1.29, 1.82) is 0 Å². The number of hydrogen-bond acceptors (Lipinski definition) is 2. The average molecular weight is 370 g/mol. The molecule has 2 nitrogen and oxygen atoms in total. The van der Waals surface area contributed by atoms with Crippen molar-refractivity contribution < 1.29 is 0 Å². The van der Waals surface area contributed by atoms with Gasteiger partial charge in [0.25, 0.3) is 0 Å². The van der Waals surface area contributed by atoms with E-state index in [1.54, 1.807) is 0 Å². The monoisotopic (exact) mass is 370 g/mol. The first kappa shape index (κ1) is 13.8. The SMILES string of the molecule is Ic1ccc([C@H](C2CCCC2)N2CCNCC2)cc1. The van der Waals surface area contributed by atoms with E-state index in [0.29, 0.717) is 6.04 Å². The number of benzene rings is 1. The highest BCUT2D eigenvalue weighted by Crippen LogP contribution is 2.39. The van der Waals surface area contributed by atoms with Crippen LogP contribution in [-0.4, -0.2) is 31.1 Å². The maximum Gasteiger partial charge on any atom is 0.0377 e. The fourth-order valence-electron chi connectivity index (χ4n) is 3.67. The lowest BCUT2D eigenvalue weighted by molar-refractivity contribution is 0.125. The van der Waals surface area contributed by atoms with Crippen molar-refractivity contribution in [1.82, 2.24) is 10.2 Å². The summed E-state index contributed by atoms with van der Waals surface area (Å²) in [5.41, 5.74) is 1.54. The standard InChI is InChI=1S/C16H23IN2/c17-15-7-5-14(6-8-15)16(13-3-1-2-4-13)19-11-9-18-10-12-19/h5-8,13,16,18H,1-4,9-12H2/t16-/m0/s1. The van der Waals surface area contributed by atoms with Crippen LogP contribution in [0.25, 0.3) is 0 Å². The average Bonchev–Trinajstić information content (AvgIpc) is 2.96. The van der Waals surface area contributed by atoms with Crippen LogP contribution in [0.2, 0.25) is 0 Å². The Morgan fingerprint density at radius 1 is 1.05 bits per heavy atom. The van der Waals surface area contributed by atoms with Gasteiger partial charge in [-0.25, -0.2) is 0 Å². The minimum atomic E-state index is 0.654. The topological polar surface area (TPSA) is 15.3 Å². The third-order valence-corrected chi connectivity index (χ3v) is 5.32. The molecule has 1 heterocycles. The van der Waals surface area contributed by atoms with Crippen LogP contribution in [-0.2, 0) is 0 Å². The van der Waals surface area contributed by atoms with E-state index in [0.717, 1.165) is 19.0 Å². The molecule has 104 valence electrons. The van der Waals surface area contributed by atoms with Crippen LogP contribution in [0.1, 0.15) is 37.3 Å². The molecular weight excluding hydrogens is 347 g/mol. The zero-order valence-corrected chi connectivity index (χ0v) is 13.6. The molecule has 0 radical (unpaired) electrons. The van der Waals surface area contributed by atoms with Crippen LogP contribution in [0, 0.1) is 9.49 Å². The normalized spacial score (nSPS) is 23.6. The maximum absolute atomic E-state index is 3.48. The molecule has 0 amide bonds. The van der Waals surface area contributed by atoms with Crippen LogP contribution in [0.3, 0.4) is 0 Å². The molecule has 1 N–H and O–H groups in total. The molecule has 2 aliphatic rings. The molecule has 0 unspecified atom stereocenters.